The lowest BCUT2D eigenvalue weighted by molar-refractivity contribution is 0.0710. The number of hydrogen-bond donors (Lipinski definition) is 2. The molecule has 0 heterocycles. The van der Waals surface area contributed by atoms with Crippen LogP contribution in [0.3, 0.4) is 0 Å². The fraction of sp³-hybridized carbons (Fsp3) is 0.462. The topological polar surface area (TPSA) is 72.3 Å². The normalized spacial score (nSPS) is 12.2. The molecular formula is C13H21N3O. The van der Waals surface area contributed by atoms with Crippen LogP contribution in [0.4, 0.5) is 5.69 Å². The minimum atomic E-state index is -0.0494. The molecule has 17 heavy (non-hydrogen) atoms. The lowest BCUT2D eigenvalue weighted by atomic mass is 10.1. The Morgan fingerprint density at radius 1 is 1.47 bits per heavy atom. The number of carbonyl (C=O) groups excluding carboxylic acids is 1. The van der Waals surface area contributed by atoms with Crippen molar-refractivity contribution in [3.63, 3.8) is 0 Å². The maximum absolute atomic E-state index is 12.3. The summed E-state index contributed by atoms with van der Waals surface area (Å²) in [6.07, 6.45) is 0. The molecule has 0 aliphatic heterocycles. The number of amides is 1. The number of nitrogen functional groups attached to an aromatic ring is 1. The maximum Gasteiger partial charge on any atom is 0.256 e. The monoisotopic (exact) mass is 235 g/mol. The molecular weight excluding hydrogens is 214 g/mol. The van der Waals surface area contributed by atoms with Crippen molar-refractivity contribution in [1.29, 1.82) is 0 Å². The number of rotatable bonds is 4. The van der Waals surface area contributed by atoms with Gasteiger partial charge in [0.15, 0.2) is 0 Å². The van der Waals surface area contributed by atoms with Crippen LogP contribution in [0, 0.1) is 6.92 Å². The average Bonchev–Trinajstić information content (AvgIpc) is 2.32. The SMILES string of the molecule is CCN(C(=O)c1cc(C)ccc1N)[C@@H](C)CN. The van der Waals surface area contributed by atoms with E-state index >= 15 is 0 Å². The van der Waals surface area contributed by atoms with E-state index in [4.69, 9.17) is 11.5 Å². The Morgan fingerprint density at radius 3 is 2.65 bits per heavy atom. The summed E-state index contributed by atoms with van der Waals surface area (Å²) in [5.74, 6) is -0.0494. The van der Waals surface area contributed by atoms with Gasteiger partial charge in [0, 0.05) is 24.8 Å². The summed E-state index contributed by atoms with van der Waals surface area (Å²) in [7, 11) is 0. The van der Waals surface area contributed by atoms with Crippen LogP contribution in [-0.2, 0) is 0 Å². The van der Waals surface area contributed by atoms with Crippen LogP contribution in [0.5, 0.6) is 0 Å². The molecule has 4 heteroatoms. The second kappa shape index (κ2) is 5.68. The molecule has 1 atom stereocenters. The van der Waals surface area contributed by atoms with E-state index in [1.165, 1.54) is 0 Å². The zero-order valence-corrected chi connectivity index (χ0v) is 10.7. The summed E-state index contributed by atoms with van der Waals surface area (Å²) in [6.45, 7) is 6.90. The first-order valence-electron chi connectivity index (χ1n) is 5.88. The molecule has 0 aromatic heterocycles. The average molecular weight is 235 g/mol. The highest BCUT2D eigenvalue weighted by molar-refractivity contribution is 5.99. The van der Waals surface area contributed by atoms with E-state index < -0.39 is 0 Å². The van der Waals surface area contributed by atoms with Gasteiger partial charge in [0.2, 0.25) is 0 Å². The van der Waals surface area contributed by atoms with Gasteiger partial charge in [-0.15, -0.1) is 0 Å². The summed E-state index contributed by atoms with van der Waals surface area (Å²) >= 11 is 0. The first-order chi connectivity index (χ1) is 8.01. The molecule has 94 valence electrons. The lowest BCUT2D eigenvalue weighted by Crippen LogP contribution is -2.42. The number of likely N-dealkylation sites (N-methyl/N-ethyl adjacent to an activating group) is 1. The van der Waals surface area contributed by atoms with Gasteiger partial charge in [-0.05, 0) is 32.9 Å². The molecule has 4 N–H and O–H groups in total. The first-order valence-corrected chi connectivity index (χ1v) is 5.88. The zero-order valence-electron chi connectivity index (χ0n) is 10.7. The van der Waals surface area contributed by atoms with Crippen LogP contribution < -0.4 is 11.5 Å². The Hall–Kier alpha value is -1.55. The fourth-order valence-electron chi connectivity index (χ4n) is 1.79. The van der Waals surface area contributed by atoms with Gasteiger partial charge < -0.3 is 16.4 Å². The van der Waals surface area contributed by atoms with Gasteiger partial charge in [0.05, 0.1) is 5.56 Å². The van der Waals surface area contributed by atoms with Crippen molar-refractivity contribution in [2.75, 3.05) is 18.8 Å². The quantitative estimate of drug-likeness (QED) is 0.774. The molecule has 1 rings (SSSR count). The van der Waals surface area contributed by atoms with Gasteiger partial charge in [-0.2, -0.15) is 0 Å². The first kappa shape index (κ1) is 13.5. The van der Waals surface area contributed by atoms with Crippen molar-refractivity contribution >= 4 is 11.6 Å². The summed E-state index contributed by atoms with van der Waals surface area (Å²) in [6, 6.07) is 5.51. The molecule has 0 saturated carbocycles. The second-order valence-corrected chi connectivity index (χ2v) is 4.27. The van der Waals surface area contributed by atoms with E-state index in [1.807, 2.05) is 32.9 Å². The molecule has 0 aliphatic rings. The third-order valence-electron chi connectivity index (χ3n) is 2.91. The van der Waals surface area contributed by atoms with Crippen LogP contribution in [0.1, 0.15) is 29.8 Å². The molecule has 0 bridgehead atoms. The number of nitrogens with zero attached hydrogens (tertiary/aromatic N) is 1. The smallest absolute Gasteiger partial charge is 0.256 e. The molecule has 0 spiro atoms. The molecule has 0 unspecified atom stereocenters. The zero-order chi connectivity index (χ0) is 13.0. The predicted octanol–water partition coefficient (Wildman–Crippen LogP) is 1.39. The van der Waals surface area contributed by atoms with E-state index in [0.717, 1.165) is 5.56 Å². The summed E-state index contributed by atoms with van der Waals surface area (Å²) < 4.78 is 0. The summed E-state index contributed by atoms with van der Waals surface area (Å²) in [5, 5.41) is 0. The maximum atomic E-state index is 12.3. The molecule has 4 nitrogen and oxygen atoms in total. The minimum absolute atomic E-state index is 0.0208. The number of carbonyl (C=O) groups is 1. The molecule has 0 fully saturated rings. The highest BCUT2D eigenvalue weighted by Crippen LogP contribution is 2.17. The molecule has 0 saturated heterocycles. The van der Waals surface area contributed by atoms with Crippen molar-refractivity contribution in [3.8, 4) is 0 Å². The molecule has 1 aromatic carbocycles. The Labute approximate surface area is 103 Å². The number of nitrogens with two attached hydrogens (primary N) is 2. The number of anilines is 1. The predicted molar refractivity (Wildman–Crippen MR) is 70.8 cm³/mol. The van der Waals surface area contributed by atoms with E-state index in [-0.39, 0.29) is 11.9 Å². The highest BCUT2D eigenvalue weighted by atomic mass is 16.2. The Kier molecular flexibility index (Phi) is 4.52. The number of aryl methyl sites for hydroxylation is 1. The summed E-state index contributed by atoms with van der Waals surface area (Å²) in [5.41, 5.74) is 13.6. The summed E-state index contributed by atoms with van der Waals surface area (Å²) in [4.78, 5) is 14.1. The third kappa shape index (κ3) is 2.97. The standard InChI is InChI=1S/C13H21N3O/c1-4-16(10(3)8-14)13(17)11-7-9(2)5-6-12(11)15/h5-7,10H,4,8,14-15H2,1-3H3/t10-/m0/s1. The molecule has 0 radical (unpaired) electrons. The van der Waals surface area contributed by atoms with Gasteiger partial charge in [-0.3, -0.25) is 4.79 Å². The lowest BCUT2D eigenvalue weighted by Gasteiger charge is -2.27. The minimum Gasteiger partial charge on any atom is -0.398 e. The van der Waals surface area contributed by atoms with Gasteiger partial charge in [-0.25, -0.2) is 0 Å². The van der Waals surface area contributed by atoms with E-state index in [1.54, 1.807) is 11.0 Å². The van der Waals surface area contributed by atoms with Crippen molar-refractivity contribution < 1.29 is 4.79 Å². The third-order valence-corrected chi connectivity index (χ3v) is 2.91. The Balaban J connectivity index is 3.05. The highest BCUT2D eigenvalue weighted by Gasteiger charge is 2.20. The van der Waals surface area contributed by atoms with Crippen LogP contribution in [-0.4, -0.2) is 29.9 Å². The van der Waals surface area contributed by atoms with Crippen LogP contribution in [0.25, 0.3) is 0 Å². The van der Waals surface area contributed by atoms with Crippen LogP contribution in [0.15, 0.2) is 18.2 Å². The number of hydrogen-bond acceptors (Lipinski definition) is 3. The van der Waals surface area contributed by atoms with Gasteiger partial charge in [0.25, 0.3) is 5.91 Å². The van der Waals surface area contributed by atoms with E-state index in [9.17, 15) is 4.79 Å². The van der Waals surface area contributed by atoms with Crippen molar-refractivity contribution in [2.45, 2.75) is 26.8 Å². The van der Waals surface area contributed by atoms with Crippen LogP contribution >= 0.6 is 0 Å². The van der Waals surface area contributed by atoms with Gasteiger partial charge in [-0.1, -0.05) is 11.6 Å². The number of benzene rings is 1. The van der Waals surface area contributed by atoms with Crippen molar-refractivity contribution in [1.82, 2.24) is 4.90 Å². The molecule has 1 aromatic rings. The van der Waals surface area contributed by atoms with Crippen molar-refractivity contribution in [3.05, 3.63) is 29.3 Å². The molecule has 0 aliphatic carbocycles. The van der Waals surface area contributed by atoms with Gasteiger partial charge in [0.1, 0.15) is 0 Å². The molecule has 1 amide bonds. The van der Waals surface area contributed by atoms with E-state index in [0.29, 0.717) is 24.3 Å². The Morgan fingerprint density at radius 2 is 2.12 bits per heavy atom. The van der Waals surface area contributed by atoms with Crippen molar-refractivity contribution in [2.24, 2.45) is 5.73 Å². The van der Waals surface area contributed by atoms with Crippen LogP contribution in [0.2, 0.25) is 0 Å². The second-order valence-electron chi connectivity index (χ2n) is 4.27. The fourth-order valence-corrected chi connectivity index (χ4v) is 1.79. The van der Waals surface area contributed by atoms with Gasteiger partial charge >= 0.3 is 0 Å². The Bertz CT molecular complexity index is 404. The largest absolute Gasteiger partial charge is 0.398 e. The van der Waals surface area contributed by atoms with E-state index in [2.05, 4.69) is 0 Å².